The van der Waals surface area contributed by atoms with E-state index < -0.39 is 11.7 Å². The van der Waals surface area contributed by atoms with Crippen molar-refractivity contribution in [2.24, 2.45) is 0 Å². The predicted molar refractivity (Wildman–Crippen MR) is 83.0 cm³/mol. The second kappa shape index (κ2) is 7.22. The fraction of sp³-hybridized carbons (Fsp3) is 0.188. The van der Waals surface area contributed by atoms with Crippen molar-refractivity contribution in [3.63, 3.8) is 0 Å². The third-order valence-electron chi connectivity index (χ3n) is 3.04. The molecule has 1 amide bonds. The number of carbonyl (C=O) groups excluding carboxylic acids is 1. The van der Waals surface area contributed by atoms with Crippen LogP contribution in [0, 0.1) is 5.82 Å². The Kier molecular flexibility index (Phi) is 5.33. The molecule has 2 aromatic carbocycles. The van der Waals surface area contributed by atoms with E-state index >= 15 is 0 Å². The summed E-state index contributed by atoms with van der Waals surface area (Å²) in [5, 5.41) is 9.83. The lowest BCUT2D eigenvalue weighted by molar-refractivity contribution is 0.0750. The summed E-state index contributed by atoms with van der Waals surface area (Å²) in [4.78, 5) is 14.0. The first-order chi connectivity index (χ1) is 10.1. The number of halogens is 2. The first-order valence-corrected chi connectivity index (χ1v) is 7.61. The lowest BCUT2D eigenvalue weighted by Crippen LogP contribution is -2.32. The molecule has 2 rings (SSSR count). The van der Waals surface area contributed by atoms with Gasteiger partial charge < -0.3 is 10.0 Å². The van der Waals surface area contributed by atoms with Gasteiger partial charge in [-0.2, -0.15) is 0 Å². The van der Waals surface area contributed by atoms with Crippen LogP contribution in [-0.2, 0) is 6.54 Å². The number of alkyl halides is 1. The van der Waals surface area contributed by atoms with Gasteiger partial charge in [0.1, 0.15) is 11.6 Å². The maximum atomic E-state index is 13.8. The first kappa shape index (κ1) is 15.5. The van der Waals surface area contributed by atoms with E-state index in [1.165, 1.54) is 12.1 Å². The number of phenols is 1. The van der Waals surface area contributed by atoms with Crippen LogP contribution in [0.2, 0.25) is 0 Å². The highest BCUT2D eigenvalue weighted by molar-refractivity contribution is 9.09. The Morgan fingerprint density at radius 1 is 1.19 bits per heavy atom. The third-order valence-corrected chi connectivity index (χ3v) is 3.40. The average Bonchev–Trinajstić information content (AvgIpc) is 2.47. The number of aromatic hydroxyl groups is 1. The molecule has 0 atom stereocenters. The Labute approximate surface area is 131 Å². The van der Waals surface area contributed by atoms with Crippen LogP contribution >= 0.6 is 15.9 Å². The van der Waals surface area contributed by atoms with Gasteiger partial charge in [-0.05, 0) is 17.7 Å². The van der Waals surface area contributed by atoms with Gasteiger partial charge in [0.05, 0.1) is 5.56 Å². The molecule has 110 valence electrons. The Morgan fingerprint density at radius 3 is 2.52 bits per heavy atom. The molecule has 0 fully saturated rings. The van der Waals surface area contributed by atoms with Crippen molar-refractivity contribution in [3.05, 3.63) is 65.5 Å². The molecule has 0 spiro atoms. The molecule has 0 radical (unpaired) electrons. The lowest BCUT2D eigenvalue weighted by Gasteiger charge is -2.22. The summed E-state index contributed by atoms with van der Waals surface area (Å²) in [6.45, 7) is 0.875. The molecule has 0 saturated carbocycles. The normalized spacial score (nSPS) is 10.4. The van der Waals surface area contributed by atoms with Crippen molar-refractivity contribution < 1.29 is 14.3 Å². The number of hydrogen-bond donors (Lipinski definition) is 1. The maximum absolute atomic E-state index is 13.8. The Morgan fingerprint density at radius 2 is 1.90 bits per heavy atom. The first-order valence-electron chi connectivity index (χ1n) is 6.49. The van der Waals surface area contributed by atoms with Gasteiger partial charge in [-0.3, -0.25) is 4.79 Å². The largest absolute Gasteiger partial charge is 0.508 e. The van der Waals surface area contributed by atoms with E-state index in [9.17, 15) is 14.3 Å². The molecular weight excluding hydrogens is 337 g/mol. The number of carbonyl (C=O) groups is 1. The summed E-state index contributed by atoms with van der Waals surface area (Å²) in [6.07, 6.45) is 0. The van der Waals surface area contributed by atoms with Crippen LogP contribution in [0.5, 0.6) is 5.75 Å². The van der Waals surface area contributed by atoms with Gasteiger partial charge in [-0.1, -0.05) is 46.3 Å². The van der Waals surface area contributed by atoms with Gasteiger partial charge in [0.25, 0.3) is 5.91 Å². The molecule has 1 N–H and O–H groups in total. The molecule has 0 aromatic heterocycles. The highest BCUT2D eigenvalue weighted by Crippen LogP contribution is 2.18. The fourth-order valence-corrected chi connectivity index (χ4v) is 2.43. The maximum Gasteiger partial charge on any atom is 0.257 e. The van der Waals surface area contributed by atoms with E-state index in [1.54, 1.807) is 4.90 Å². The SMILES string of the molecule is O=C(c1ccc(O)cc1F)N(CCBr)Cc1ccccc1. The van der Waals surface area contributed by atoms with Gasteiger partial charge in [0, 0.05) is 24.5 Å². The predicted octanol–water partition coefficient (Wildman–Crippen LogP) is 3.57. The Bertz CT molecular complexity index is 619. The van der Waals surface area contributed by atoms with E-state index in [2.05, 4.69) is 15.9 Å². The summed E-state index contributed by atoms with van der Waals surface area (Å²) >= 11 is 3.31. The number of rotatable bonds is 5. The molecular formula is C16H15BrFNO2. The number of phenolic OH excluding ortho intramolecular Hbond substituents is 1. The van der Waals surface area contributed by atoms with Crippen LogP contribution < -0.4 is 0 Å². The van der Waals surface area contributed by atoms with E-state index in [4.69, 9.17) is 0 Å². The van der Waals surface area contributed by atoms with Crippen LogP contribution in [0.1, 0.15) is 15.9 Å². The van der Waals surface area contributed by atoms with E-state index in [-0.39, 0.29) is 11.3 Å². The number of nitrogens with zero attached hydrogens (tertiary/aromatic N) is 1. The molecule has 0 saturated heterocycles. The molecule has 0 bridgehead atoms. The molecule has 0 aliphatic carbocycles. The summed E-state index contributed by atoms with van der Waals surface area (Å²) in [5.74, 6) is -1.30. The molecule has 3 nitrogen and oxygen atoms in total. The van der Waals surface area contributed by atoms with E-state index in [0.29, 0.717) is 18.4 Å². The summed E-state index contributed by atoms with van der Waals surface area (Å²) in [5.41, 5.74) is 0.940. The van der Waals surface area contributed by atoms with Crippen LogP contribution in [0.3, 0.4) is 0 Å². The highest BCUT2D eigenvalue weighted by Gasteiger charge is 2.19. The van der Waals surface area contributed by atoms with Crippen LogP contribution in [0.25, 0.3) is 0 Å². The molecule has 21 heavy (non-hydrogen) atoms. The molecule has 0 heterocycles. The molecule has 0 unspecified atom stereocenters. The van der Waals surface area contributed by atoms with Crippen molar-refractivity contribution in [2.45, 2.75) is 6.54 Å². The van der Waals surface area contributed by atoms with E-state index in [1.807, 2.05) is 30.3 Å². The van der Waals surface area contributed by atoms with Crippen LogP contribution in [0.15, 0.2) is 48.5 Å². The van der Waals surface area contributed by atoms with E-state index in [0.717, 1.165) is 11.6 Å². The third kappa shape index (κ3) is 4.04. The van der Waals surface area contributed by atoms with Crippen molar-refractivity contribution >= 4 is 21.8 Å². The van der Waals surface area contributed by atoms with Gasteiger partial charge in [-0.15, -0.1) is 0 Å². The van der Waals surface area contributed by atoms with Crippen molar-refractivity contribution in [2.75, 3.05) is 11.9 Å². The van der Waals surface area contributed by atoms with Crippen molar-refractivity contribution in [1.29, 1.82) is 0 Å². The van der Waals surface area contributed by atoms with Crippen LogP contribution in [0.4, 0.5) is 4.39 Å². The minimum Gasteiger partial charge on any atom is -0.508 e. The number of hydrogen-bond acceptors (Lipinski definition) is 2. The zero-order valence-corrected chi connectivity index (χ0v) is 12.9. The van der Waals surface area contributed by atoms with Gasteiger partial charge in [0.15, 0.2) is 0 Å². The van der Waals surface area contributed by atoms with Gasteiger partial charge in [0.2, 0.25) is 0 Å². The molecule has 0 aliphatic heterocycles. The molecule has 0 aliphatic rings. The van der Waals surface area contributed by atoms with Crippen LogP contribution in [-0.4, -0.2) is 27.8 Å². The van der Waals surface area contributed by atoms with Gasteiger partial charge >= 0.3 is 0 Å². The zero-order chi connectivity index (χ0) is 15.2. The standard InChI is InChI=1S/C16H15BrFNO2/c17-8-9-19(11-12-4-2-1-3-5-12)16(21)14-7-6-13(20)10-15(14)18/h1-7,10,20H,8-9,11H2. The number of benzene rings is 2. The average molecular weight is 352 g/mol. The Hall–Kier alpha value is -1.88. The second-order valence-electron chi connectivity index (χ2n) is 4.57. The second-order valence-corrected chi connectivity index (χ2v) is 5.36. The Balaban J connectivity index is 2.23. The zero-order valence-electron chi connectivity index (χ0n) is 11.3. The van der Waals surface area contributed by atoms with Crippen molar-refractivity contribution in [3.8, 4) is 5.75 Å². The monoisotopic (exact) mass is 351 g/mol. The fourth-order valence-electron chi connectivity index (χ4n) is 2.01. The topological polar surface area (TPSA) is 40.5 Å². The summed E-state index contributed by atoms with van der Waals surface area (Å²) < 4.78 is 13.8. The summed E-state index contributed by atoms with van der Waals surface area (Å²) in [7, 11) is 0. The smallest absolute Gasteiger partial charge is 0.257 e. The molecule has 2 aromatic rings. The minimum atomic E-state index is -0.715. The quantitative estimate of drug-likeness (QED) is 0.836. The summed E-state index contributed by atoms with van der Waals surface area (Å²) in [6, 6.07) is 13.1. The highest BCUT2D eigenvalue weighted by atomic mass is 79.9. The number of amides is 1. The lowest BCUT2D eigenvalue weighted by atomic mass is 10.1. The minimum absolute atomic E-state index is 0.0373. The van der Waals surface area contributed by atoms with Crippen molar-refractivity contribution in [1.82, 2.24) is 4.90 Å². The van der Waals surface area contributed by atoms with Gasteiger partial charge in [-0.25, -0.2) is 4.39 Å². The molecule has 5 heteroatoms.